The Hall–Kier alpha value is -3.01. The van der Waals surface area contributed by atoms with Crippen LogP contribution in [0.1, 0.15) is 21.5 Å². The Morgan fingerprint density at radius 3 is 2.46 bits per heavy atom. The molecule has 0 aliphatic rings. The van der Waals surface area contributed by atoms with E-state index in [4.69, 9.17) is 12.2 Å². The quantitative estimate of drug-likeness (QED) is 0.475. The van der Waals surface area contributed by atoms with E-state index in [0.29, 0.717) is 5.56 Å². The molecule has 0 aromatic heterocycles. The molecule has 0 aliphatic heterocycles. The summed E-state index contributed by atoms with van der Waals surface area (Å²) in [5.41, 5.74) is -0.514. The number of hydrogen-bond donors (Lipinski definition) is 2. The Morgan fingerprint density at radius 2 is 1.88 bits per heavy atom. The van der Waals surface area contributed by atoms with Crippen molar-refractivity contribution in [3.8, 4) is 0 Å². The Morgan fingerprint density at radius 1 is 1.19 bits per heavy atom. The van der Waals surface area contributed by atoms with Gasteiger partial charge in [-0.1, -0.05) is 6.07 Å². The highest BCUT2D eigenvalue weighted by atomic mass is 32.1. The minimum atomic E-state index is -4.50. The number of rotatable bonds is 3. The van der Waals surface area contributed by atoms with Crippen LogP contribution in [0.2, 0.25) is 0 Å². The molecular weight excluding hydrogens is 371 g/mol. The van der Waals surface area contributed by atoms with Gasteiger partial charge in [0, 0.05) is 22.9 Å². The van der Waals surface area contributed by atoms with Crippen LogP contribution in [0, 0.1) is 17.0 Å². The van der Waals surface area contributed by atoms with E-state index in [2.05, 4.69) is 10.6 Å². The average Bonchev–Trinajstić information content (AvgIpc) is 2.53. The molecule has 2 rings (SSSR count). The summed E-state index contributed by atoms with van der Waals surface area (Å²) in [5.74, 6) is -0.646. The lowest BCUT2D eigenvalue weighted by Crippen LogP contribution is -2.34. The first kappa shape index (κ1) is 19.3. The van der Waals surface area contributed by atoms with E-state index in [0.717, 1.165) is 12.1 Å². The van der Waals surface area contributed by atoms with Crippen molar-refractivity contribution in [3.05, 3.63) is 69.3 Å². The molecule has 1 amide bonds. The van der Waals surface area contributed by atoms with Crippen molar-refractivity contribution < 1.29 is 22.9 Å². The van der Waals surface area contributed by atoms with Crippen LogP contribution in [-0.2, 0) is 6.18 Å². The maximum Gasteiger partial charge on any atom is 0.416 e. The van der Waals surface area contributed by atoms with Crippen LogP contribution < -0.4 is 10.6 Å². The third-order valence-electron chi connectivity index (χ3n) is 3.33. The number of anilines is 1. The topological polar surface area (TPSA) is 84.3 Å². The van der Waals surface area contributed by atoms with Gasteiger partial charge in [0.2, 0.25) is 0 Å². The molecule has 0 saturated heterocycles. The van der Waals surface area contributed by atoms with E-state index >= 15 is 0 Å². The van der Waals surface area contributed by atoms with Gasteiger partial charge in [0.1, 0.15) is 0 Å². The predicted octanol–water partition coefficient (Wildman–Crippen LogP) is 4.05. The summed E-state index contributed by atoms with van der Waals surface area (Å²) in [6, 6.07) is 8.10. The van der Waals surface area contributed by atoms with Gasteiger partial charge < -0.3 is 5.32 Å². The number of carbonyl (C=O) groups is 1. The molecule has 10 heteroatoms. The molecule has 6 nitrogen and oxygen atoms in total. The fourth-order valence-electron chi connectivity index (χ4n) is 2.11. The number of alkyl halides is 3. The summed E-state index contributed by atoms with van der Waals surface area (Å²) in [5, 5.41) is 15.4. The van der Waals surface area contributed by atoms with Crippen molar-refractivity contribution in [2.75, 3.05) is 5.32 Å². The molecule has 0 spiro atoms. The molecule has 0 heterocycles. The Balaban J connectivity index is 2.07. The normalized spacial score (nSPS) is 10.9. The lowest BCUT2D eigenvalue weighted by molar-refractivity contribution is -0.385. The van der Waals surface area contributed by atoms with Gasteiger partial charge in [-0.15, -0.1) is 0 Å². The average molecular weight is 383 g/mol. The molecule has 0 aliphatic carbocycles. The molecule has 0 bridgehead atoms. The molecular formula is C16H12F3N3O3S. The van der Waals surface area contributed by atoms with Gasteiger partial charge in [0.25, 0.3) is 11.6 Å². The van der Waals surface area contributed by atoms with Crippen LogP contribution >= 0.6 is 12.2 Å². The fourth-order valence-corrected chi connectivity index (χ4v) is 2.32. The highest BCUT2D eigenvalue weighted by Crippen LogP contribution is 2.30. The van der Waals surface area contributed by atoms with Gasteiger partial charge >= 0.3 is 6.18 Å². The minimum absolute atomic E-state index is 0.0602. The second kappa shape index (κ2) is 7.48. The van der Waals surface area contributed by atoms with Gasteiger partial charge in [-0.2, -0.15) is 13.2 Å². The van der Waals surface area contributed by atoms with Crippen molar-refractivity contribution in [2.45, 2.75) is 13.1 Å². The third-order valence-corrected chi connectivity index (χ3v) is 3.53. The van der Waals surface area contributed by atoms with E-state index in [1.807, 2.05) is 0 Å². The summed E-state index contributed by atoms with van der Waals surface area (Å²) in [6.45, 7) is 1.48. The van der Waals surface area contributed by atoms with E-state index in [9.17, 15) is 28.1 Å². The Bertz CT molecular complexity index is 885. The van der Waals surface area contributed by atoms with Gasteiger partial charge in [-0.3, -0.25) is 20.2 Å². The first-order chi connectivity index (χ1) is 12.1. The SMILES string of the molecule is Cc1cc(C(=O)NC(=S)Nc2cccc(C(F)(F)F)c2)ccc1[N+](=O)[O-]. The van der Waals surface area contributed by atoms with E-state index in [1.165, 1.54) is 37.3 Å². The molecule has 0 fully saturated rings. The Kier molecular flexibility index (Phi) is 5.56. The van der Waals surface area contributed by atoms with E-state index in [-0.39, 0.29) is 22.1 Å². The number of carbonyl (C=O) groups excluding carboxylic acids is 1. The van der Waals surface area contributed by atoms with Gasteiger partial charge in [-0.05, 0) is 49.5 Å². The first-order valence-electron chi connectivity index (χ1n) is 7.12. The summed E-state index contributed by atoms with van der Waals surface area (Å²) < 4.78 is 38.1. The number of thiocarbonyl (C=S) groups is 1. The lowest BCUT2D eigenvalue weighted by atomic mass is 10.1. The van der Waals surface area contributed by atoms with Crippen molar-refractivity contribution in [3.63, 3.8) is 0 Å². The van der Waals surface area contributed by atoms with Gasteiger partial charge in [-0.25, -0.2) is 0 Å². The fraction of sp³-hybridized carbons (Fsp3) is 0.125. The van der Waals surface area contributed by atoms with Crippen molar-refractivity contribution in [2.24, 2.45) is 0 Å². The number of nitro benzene ring substituents is 1. The Labute approximate surface area is 151 Å². The standard InChI is InChI=1S/C16H12F3N3O3S/c1-9-7-10(5-6-13(9)22(24)25)14(23)21-15(26)20-12-4-2-3-11(8-12)16(17,18)19/h2-8H,1H3,(H2,20,21,23,26). The zero-order valence-electron chi connectivity index (χ0n) is 13.3. The van der Waals surface area contributed by atoms with Crippen molar-refractivity contribution in [1.82, 2.24) is 5.32 Å². The molecule has 2 N–H and O–H groups in total. The number of nitrogens with one attached hydrogen (secondary N) is 2. The molecule has 26 heavy (non-hydrogen) atoms. The van der Waals surface area contributed by atoms with E-state index < -0.39 is 22.6 Å². The second-order valence-corrected chi connectivity index (χ2v) is 5.65. The summed E-state index contributed by atoms with van der Waals surface area (Å²) in [7, 11) is 0. The van der Waals surface area contributed by atoms with Crippen molar-refractivity contribution >= 4 is 34.6 Å². The maximum atomic E-state index is 12.7. The number of hydrogen-bond acceptors (Lipinski definition) is 4. The largest absolute Gasteiger partial charge is 0.416 e. The number of nitrogens with zero attached hydrogens (tertiary/aromatic N) is 1. The first-order valence-corrected chi connectivity index (χ1v) is 7.53. The zero-order valence-corrected chi connectivity index (χ0v) is 14.1. The number of benzene rings is 2. The highest BCUT2D eigenvalue weighted by molar-refractivity contribution is 7.80. The predicted molar refractivity (Wildman–Crippen MR) is 93.0 cm³/mol. The molecule has 0 saturated carbocycles. The van der Waals surface area contributed by atoms with Crippen LogP contribution in [-0.4, -0.2) is 15.9 Å². The van der Waals surface area contributed by atoms with Crippen LogP contribution in [0.25, 0.3) is 0 Å². The van der Waals surface area contributed by atoms with Crippen LogP contribution in [0.4, 0.5) is 24.5 Å². The molecule has 0 radical (unpaired) electrons. The zero-order chi connectivity index (χ0) is 19.5. The smallest absolute Gasteiger partial charge is 0.332 e. The van der Waals surface area contributed by atoms with E-state index in [1.54, 1.807) is 0 Å². The minimum Gasteiger partial charge on any atom is -0.332 e. The molecule has 0 unspecified atom stereocenters. The maximum absolute atomic E-state index is 12.7. The molecule has 2 aromatic rings. The molecule has 0 atom stereocenters. The van der Waals surface area contributed by atoms with Gasteiger partial charge in [0.05, 0.1) is 10.5 Å². The molecule has 136 valence electrons. The number of aryl methyl sites for hydroxylation is 1. The van der Waals surface area contributed by atoms with Crippen molar-refractivity contribution in [1.29, 1.82) is 0 Å². The summed E-state index contributed by atoms with van der Waals surface area (Å²) >= 11 is 4.92. The van der Waals surface area contributed by atoms with Crippen LogP contribution in [0.3, 0.4) is 0 Å². The summed E-state index contributed by atoms with van der Waals surface area (Å²) in [6.07, 6.45) is -4.50. The summed E-state index contributed by atoms with van der Waals surface area (Å²) in [4.78, 5) is 22.3. The highest BCUT2D eigenvalue weighted by Gasteiger charge is 2.30. The molecule has 2 aromatic carbocycles. The van der Waals surface area contributed by atoms with Gasteiger partial charge in [0.15, 0.2) is 5.11 Å². The third kappa shape index (κ3) is 4.76. The monoisotopic (exact) mass is 383 g/mol. The number of amides is 1. The van der Waals surface area contributed by atoms with Crippen LogP contribution in [0.5, 0.6) is 0 Å². The number of halogens is 3. The lowest BCUT2D eigenvalue weighted by Gasteiger charge is -2.12. The number of nitro groups is 1. The second-order valence-electron chi connectivity index (χ2n) is 5.25. The van der Waals surface area contributed by atoms with Crippen LogP contribution in [0.15, 0.2) is 42.5 Å².